The van der Waals surface area contributed by atoms with Crippen LogP contribution in [0.2, 0.25) is 0 Å². The summed E-state index contributed by atoms with van der Waals surface area (Å²) in [5.74, 6) is 0. The van der Waals surface area contributed by atoms with Gasteiger partial charge in [-0.25, -0.2) is 0 Å². The summed E-state index contributed by atoms with van der Waals surface area (Å²) in [6.07, 6.45) is 2.24. The Morgan fingerprint density at radius 1 is 1.33 bits per heavy atom. The Balaban J connectivity index is 1.67. The van der Waals surface area contributed by atoms with Crippen molar-refractivity contribution in [3.05, 3.63) is 35.9 Å². The van der Waals surface area contributed by atoms with Crippen molar-refractivity contribution in [2.24, 2.45) is 0 Å². The highest BCUT2D eigenvalue weighted by atomic mass is 16.6. The normalized spacial score (nSPS) is 28.2. The van der Waals surface area contributed by atoms with E-state index in [2.05, 4.69) is 19.1 Å². The third kappa shape index (κ3) is 3.80. The van der Waals surface area contributed by atoms with Crippen LogP contribution >= 0.6 is 0 Å². The van der Waals surface area contributed by atoms with Crippen molar-refractivity contribution in [3.8, 4) is 0 Å². The van der Waals surface area contributed by atoms with E-state index in [-0.39, 0.29) is 11.7 Å². The van der Waals surface area contributed by atoms with Gasteiger partial charge in [0, 0.05) is 7.11 Å². The molecule has 1 saturated heterocycles. The van der Waals surface area contributed by atoms with E-state index in [1.807, 2.05) is 18.2 Å². The zero-order valence-electron chi connectivity index (χ0n) is 11.2. The van der Waals surface area contributed by atoms with Crippen LogP contribution in [0.3, 0.4) is 0 Å². The molecule has 0 radical (unpaired) electrons. The highest BCUT2D eigenvalue weighted by Crippen LogP contribution is 2.25. The van der Waals surface area contributed by atoms with Crippen molar-refractivity contribution in [1.82, 2.24) is 0 Å². The number of rotatable bonds is 5. The predicted molar refractivity (Wildman–Crippen MR) is 70.5 cm³/mol. The lowest BCUT2D eigenvalue weighted by molar-refractivity contribution is -0.143. The first-order chi connectivity index (χ1) is 8.72. The quantitative estimate of drug-likeness (QED) is 0.804. The molecule has 0 N–H and O–H groups in total. The molecule has 0 saturated carbocycles. The molecule has 1 heterocycles. The summed E-state index contributed by atoms with van der Waals surface area (Å²) in [6, 6.07) is 10.2. The van der Waals surface area contributed by atoms with Crippen LogP contribution in [0.5, 0.6) is 0 Å². The summed E-state index contributed by atoms with van der Waals surface area (Å²) >= 11 is 0. The van der Waals surface area contributed by atoms with E-state index in [0.29, 0.717) is 19.8 Å². The summed E-state index contributed by atoms with van der Waals surface area (Å²) < 4.78 is 16.9. The average Bonchev–Trinajstić information content (AvgIpc) is 2.42. The molecule has 18 heavy (non-hydrogen) atoms. The predicted octanol–water partition coefficient (Wildman–Crippen LogP) is 2.79. The lowest BCUT2D eigenvalue weighted by Crippen LogP contribution is -2.42. The van der Waals surface area contributed by atoms with Gasteiger partial charge in [0.25, 0.3) is 0 Å². The Morgan fingerprint density at radius 3 is 2.72 bits per heavy atom. The van der Waals surface area contributed by atoms with Crippen molar-refractivity contribution < 1.29 is 14.2 Å². The fourth-order valence-corrected chi connectivity index (χ4v) is 2.09. The Kier molecular flexibility index (Phi) is 4.75. The van der Waals surface area contributed by atoms with Gasteiger partial charge in [-0.2, -0.15) is 0 Å². The lowest BCUT2D eigenvalue weighted by atomic mass is 9.96. The van der Waals surface area contributed by atoms with Crippen LogP contribution in [0.15, 0.2) is 30.3 Å². The van der Waals surface area contributed by atoms with Crippen molar-refractivity contribution in [1.29, 1.82) is 0 Å². The molecule has 0 unspecified atom stereocenters. The van der Waals surface area contributed by atoms with Gasteiger partial charge in [0.05, 0.1) is 31.5 Å². The number of hydrogen-bond donors (Lipinski definition) is 0. The molecule has 100 valence electrons. The molecule has 0 aliphatic carbocycles. The largest absolute Gasteiger partial charge is 0.376 e. The number of hydrogen-bond acceptors (Lipinski definition) is 3. The molecule has 1 fully saturated rings. The molecule has 1 aliphatic rings. The first kappa shape index (κ1) is 13.5. The third-order valence-corrected chi connectivity index (χ3v) is 3.53. The van der Waals surface area contributed by atoms with E-state index in [4.69, 9.17) is 14.2 Å². The van der Waals surface area contributed by atoms with E-state index < -0.39 is 0 Å². The third-order valence-electron chi connectivity index (χ3n) is 3.53. The Labute approximate surface area is 109 Å². The molecule has 2 rings (SSSR count). The van der Waals surface area contributed by atoms with Gasteiger partial charge in [0.1, 0.15) is 0 Å². The van der Waals surface area contributed by atoms with Gasteiger partial charge in [-0.1, -0.05) is 30.3 Å². The lowest BCUT2D eigenvalue weighted by Gasteiger charge is -2.36. The van der Waals surface area contributed by atoms with Gasteiger partial charge in [-0.05, 0) is 25.3 Å². The first-order valence-corrected chi connectivity index (χ1v) is 6.50. The first-order valence-electron chi connectivity index (χ1n) is 6.50. The van der Waals surface area contributed by atoms with E-state index in [1.54, 1.807) is 7.11 Å². The SMILES string of the molecule is CO[C@@]1(C)CC[C@H](COCc2ccccc2)OC1. The highest BCUT2D eigenvalue weighted by molar-refractivity contribution is 5.13. The summed E-state index contributed by atoms with van der Waals surface area (Å²) in [5, 5.41) is 0. The van der Waals surface area contributed by atoms with Crippen LogP contribution in [0.25, 0.3) is 0 Å². The second-order valence-corrected chi connectivity index (χ2v) is 5.13. The molecular weight excluding hydrogens is 228 g/mol. The van der Waals surface area contributed by atoms with Crippen LogP contribution < -0.4 is 0 Å². The van der Waals surface area contributed by atoms with E-state index >= 15 is 0 Å². The smallest absolute Gasteiger partial charge is 0.0884 e. The minimum absolute atomic E-state index is 0.115. The van der Waals surface area contributed by atoms with Gasteiger partial charge in [-0.3, -0.25) is 0 Å². The number of ether oxygens (including phenoxy) is 3. The van der Waals surface area contributed by atoms with Crippen molar-refractivity contribution in [2.45, 2.75) is 38.1 Å². The summed E-state index contributed by atoms with van der Waals surface area (Å²) in [7, 11) is 1.75. The van der Waals surface area contributed by atoms with Gasteiger partial charge < -0.3 is 14.2 Å². The molecule has 0 amide bonds. The molecule has 0 aromatic heterocycles. The van der Waals surface area contributed by atoms with Crippen molar-refractivity contribution >= 4 is 0 Å². The maximum Gasteiger partial charge on any atom is 0.0884 e. The maximum atomic E-state index is 5.77. The maximum absolute atomic E-state index is 5.77. The van der Waals surface area contributed by atoms with E-state index in [9.17, 15) is 0 Å². The second-order valence-electron chi connectivity index (χ2n) is 5.13. The van der Waals surface area contributed by atoms with E-state index in [1.165, 1.54) is 5.56 Å². The van der Waals surface area contributed by atoms with Crippen LogP contribution in [-0.2, 0) is 20.8 Å². The fourth-order valence-electron chi connectivity index (χ4n) is 2.09. The Morgan fingerprint density at radius 2 is 2.11 bits per heavy atom. The minimum Gasteiger partial charge on any atom is -0.376 e. The van der Waals surface area contributed by atoms with Gasteiger partial charge >= 0.3 is 0 Å². The van der Waals surface area contributed by atoms with E-state index in [0.717, 1.165) is 12.8 Å². The topological polar surface area (TPSA) is 27.7 Å². The van der Waals surface area contributed by atoms with Crippen LogP contribution in [0, 0.1) is 0 Å². The average molecular weight is 250 g/mol. The summed E-state index contributed by atoms with van der Waals surface area (Å²) in [4.78, 5) is 0. The molecule has 0 spiro atoms. The van der Waals surface area contributed by atoms with Gasteiger partial charge in [0.2, 0.25) is 0 Å². The second kappa shape index (κ2) is 6.32. The Hall–Kier alpha value is -0.900. The standard InChI is InChI=1S/C15H22O3/c1-15(16-2)9-8-14(18-12-15)11-17-10-13-6-4-3-5-7-13/h3-7,14H,8-12H2,1-2H3/t14-,15+/m1/s1. The summed E-state index contributed by atoms with van der Waals surface area (Å²) in [6.45, 7) is 4.06. The summed E-state index contributed by atoms with van der Waals surface area (Å²) in [5.41, 5.74) is 1.09. The van der Waals surface area contributed by atoms with Gasteiger partial charge in [-0.15, -0.1) is 0 Å². The van der Waals surface area contributed by atoms with Crippen molar-refractivity contribution in [2.75, 3.05) is 20.3 Å². The molecule has 3 heteroatoms. The van der Waals surface area contributed by atoms with Crippen LogP contribution in [-0.4, -0.2) is 32.0 Å². The zero-order valence-corrected chi connectivity index (χ0v) is 11.2. The Bertz CT molecular complexity index is 342. The van der Waals surface area contributed by atoms with Crippen LogP contribution in [0.1, 0.15) is 25.3 Å². The molecule has 1 aromatic carbocycles. The number of methoxy groups -OCH3 is 1. The molecule has 2 atom stereocenters. The monoisotopic (exact) mass is 250 g/mol. The number of benzene rings is 1. The minimum atomic E-state index is -0.115. The molecular formula is C15H22O3. The van der Waals surface area contributed by atoms with Crippen molar-refractivity contribution in [3.63, 3.8) is 0 Å². The van der Waals surface area contributed by atoms with Crippen LogP contribution in [0.4, 0.5) is 0 Å². The van der Waals surface area contributed by atoms with Gasteiger partial charge in [0.15, 0.2) is 0 Å². The fraction of sp³-hybridized carbons (Fsp3) is 0.600. The highest BCUT2D eigenvalue weighted by Gasteiger charge is 2.31. The molecule has 3 nitrogen and oxygen atoms in total. The molecule has 1 aromatic rings. The molecule has 1 aliphatic heterocycles. The zero-order chi connectivity index (χ0) is 12.8. The molecule has 0 bridgehead atoms.